The zero-order chi connectivity index (χ0) is 20.9. The highest BCUT2D eigenvalue weighted by Crippen LogP contribution is 2.19. The van der Waals surface area contributed by atoms with E-state index in [9.17, 15) is 4.79 Å². The molecular formula is C24H25N3O3. The molecule has 6 nitrogen and oxygen atoms in total. The maximum absolute atomic E-state index is 12.6. The van der Waals surface area contributed by atoms with Crippen LogP contribution in [0.15, 0.2) is 71.3 Å². The number of amides is 1. The van der Waals surface area contributed by atoms with E-state index in [0.29, 0.717) is 18.9 Å². The van der Waals surface area contributed by atoms with Crippen molar-refractivity contribution >= 4 is 16.9 Å². The van der Waals surface area contributed by atoms with Crippen molar-refractivity contribution in [1.82, 2.24) is 14.5 Å². The Bertz CT molecular complexity index is 1110. The molecule has 0 bridgehead atoms. The topological polar surface area (TPSA) is 60.5 Å². The van der Waals surface area contributed by atoms with Crippen LogP contribution in [0.5, 0.6) is 5.75 Å². The van der Waals surface area contributed by atoms with Gasteiger partial charge in [0.15, 0.2) is 5.76 Å². The Balaban J connectivity index is 1.46. The van der Waals surface area contributed by atoms with Crippen LogP contribution in [-0.2, 0) is 13.1 Å². The van der Waals surface area contributed by atoms with Gasteiger partial charge in [-0.2, -0.15) is 0 Å². The number of aromatic nitrogens is 2. The van der Waals surface area contributed by atoms with E-state index in [4.69, 9.17) is 14.1 Å². The number of carbonyl (C=O) groups is 1. The molecule has 4 rings (SSSR count). The molecule has 2 aromatic carbocycles. The highest BCUT2D eigenvalue weighted by Gasteiger charge is 2.18. The third kappa shape index (κ3) is 4.38. The Morgan fingerprint density at radius 2 is 1.90 bits per heavy atom. The van der Waals surface area contributed by atoms with E-state index in [2.05, 4.69) is 17.6 Å². The Kier molecular flexibility index (Phi) is 5.84. The molecule has 1 amide bonds. The lowest BCUT2D eigenvalue weighted by molar-refractivity contribution is 0.0748. The number of carbonyl (C=O) groups excluding carboxylic acids is 1. The number of rotatable bonds is 8. The Morgan fingerprint density at radius 3 is 2.67 bits per heavy atom. The van der Waals surface area contributed by atoms with Gasteiger partial charge in [0.05, 0.1) is 30.4 Å². The lowest BCUT2D eigenvalue weighted by atomic mass is 10.2. The van der Waals surface area contributed by atoms with Gasteiger partial charge in [-0.15, -0.1) is 0 Å². The van der Waals surface area contributed by atoms with Gasteiger partial charge in [-0.1, -0.05) is 29.8 Å². The monoisotopic (exact) mass is 403 g/mol. The van der Waals surface area contributed by atoms with Crippen LogP contribution in [-0.4, -0.2) is 34.0 Å². The summed E-state index contributed by atoms with van der Waals surface area (Å²) in [5, 5.41) is 0. The van der Waals surface area contributed by atoms with Gasteiger partial charge in [-0.25, -0.2) is 4.98 Å². The number of para-hydroxylation sites is 2. The quantitative estimate of drug-likeness (QED) is 0.401. The molecular weight excluding hydrogens is 378 g/mol. The van der Waals surface area contributed by atoms with Gasteiger partial charge in [0.1, 0.15) is 11.6 Å². The van der Waals surface area contributed by atoms with Crippen LogP contribution < -0.4 is 4.74 Å². The number of nitrogens with zero attached hydrogens (tertiary/aromatic N) is 3. The van der Waals surface area contributed by atoms with E-state index in [1.807, 2.05) is 42.5 Å². The van der Waals surface area contributed by atoms with E-state index in [0.717, 1.165) is 35.6 Å². The van der Waals surface area contributed by atoms with Crippen LogP contribution in [0.25, 0.3) is 11.0 Å². The van der Waals surface area contributed by atoms with E-state index >= 15 is 0 Å². The molecule has 0 aliphatic carbocycles. The summed E-state index contributed by atoms with van der Waals surface area (Å²) >= 11 is 0. The molecule has 4 aromatic rings. The molecule has 0 saturated heterocycles. The second-order valence-corrected chi connectivity index (χ2v) is 7.32. The predicted octanol–water partition coefficient (Wildman–Crippen LogP) is 4.68. The summed E-state index contributed by atoms with van der Waals surface area (Å²) in [6.45, 7) is 3.82. The first-order chi connectivity index (χ1) is 14.6. The van der Waals surface area contributed by atoms with E-state index in [1.54, 1.807) is 24.1 Å². The molecule has 0 aliphatic heterocycles. The van der Waals surface area contributed by atoms with Gasteiger partial charge in [-0.05, 0) is 49.7 Å². The van der Waals surface area contributed by atoms with Crippen molar-refractivity contribution in [3.05, 3.63) is 84.1 Å². The average molecular weight is 403 g/mol. The molecule has 2 heterocycles. The summed E-state index contributed by atoms with van der Waals surface area (Å²) in [6.07, 6.45) is 2.33. The Labute approximate surface area is 175 Å². The maximum atomic E-state index is 12.6. The summed E-state index contributed by atoms with van der Waals surface area (Å²) in [6, 6.07) is 19.5. The van der Waals surface area contributed by atoms with Crippen molar-refractivity contribution in [2.45, 2.75) is 26.4 Å². The molecule has 0 spiro atoms. The first kappa shape index (κ1) is 19.8. The minimum atomic E-state index is -0.165. The lowest BCUT2D eigenvalue weighted by Gasteiger charge is -2.17. The normalized spacial score (nSPS) is 11.0. The summed E-state index contributed by atoms with van der Waals surface area (Å²) in [5.41, 5.74) is 3.19. The zero-order valence-electron chi connectivity index (χ0n) is 17.2. The van der Waals surface area contributed by atoms with Crippen molar-refractivity contribution in [3.8, 4) is 5.75 Å². The van der Waals surface area contributed by atoms with Crippen LogP contribution in [0.2, 0.25) is 0 Å². The molecule has 0 N–H and O–H groups in total. The van der Waals surface area contributed by atoms with Gasteiger partial charge in [-0.3, -0.25) is 4.79 Å². The van der Waals surface area contributed by atoms with Crippen LogP contribution in [0.4, 0.5) is 0 Å². The van der Waals surface area contributed by atoms with E-state index < -0.39 is 0 Å². The summed E-state index contributed by atoms with van der Waals surface area (Å²) in [5.74, 6) is 1.88. The van der Waals surface area contributed by atoms with E-state index in [-0.39, 0.29) is 5.91 Å². The van der Waals surface area contributed by atoms with Gasteiger partial charge in [0.25, 0.3) is 5.91 Å². The third-order valence-corrected chi connectivity index (χ3v) is 5.01. The number of hydrogen-bond acceptors (Lipinski definition) is 4. The van der Waals surface area contributed by atoms with Crippen LogP contribution in [0, 0.1) is 6.92 Å². The molecule has 2 aromatic heterocycles. The minimum absolute atomic E-state index is 0.165. The van der Waals surface area contributed by atoms with Crippen molar-refractivity contribution in [2.24, 2.45) is 0 Å². The van der Waals surface area contributed by atoms with Gasteiger partial charge < -0.3 is 18.6 Å². The maximum Gasteiger partial charge on any atom is 0.289 e. The molecule has 0 radical (unpaired) electrons. The first-order valence-corrected chi connectivity index (χ1v) is 10.0. The number of imidazole rings is 1. The highest BCUT2D eigenvalue weighted by molar-refractivity contribution is 5.91. The standard InChI is InChI=1S/C24H25N3O3/c1-18-10-12-19(13-11-18)29-16-6-14-27-21-8-4-3-7-20(21)25-23(27)17-26(2)24(28)22-9-5-15-30-22/h3-5,7-13,15H,6,14,16-17H2,1-2H3. The van der Waals surface area contributed by atoms with E-state index in [1.165, 1.54) is 11.8 Å². The minimum Gasteiger partial charge on any atom is -0.494 e. The number of hydrogen-bond donors (Lipinski definition) is 0. The number of furan rings is 1. The Morgan fingerprint density at radius 1 is 1.10 bits per heavy atom. The molecule has 154 valence electrons. The molecule has 0 aliphatic rings. The summed E-state index contributed by atoms with van der Waals surface area (Å²) in [4.78, 5) is 18.9. The summed E-state index contributed by atoms with van der Waals surface area (Å²) in [7, 11) is 1.76. The zero-order valence-corrected chi connectivity index (χ0v) is 17.2. The SMILES string of the molecule is Cc1ccc(OCCCn2c(CN(C)C(=O)c3ccco3)nc3ccccc32)cc1. The number of fused-ring (bicyclic) bond motifs is 1. The van der Waals surface area contributed by atoms with Crippen LogP contribution >= 0.6 is 0 Å². The van der Waals surface area contributed by atoms with Crippen molar-refractivity contribution in [3.63, 3.8) is 0 Å². The van der Waals surface area contributed by atoms with Gasteiger partial charge >= 0.3 is 0 Å². The molecule has 0 atom stereocenters. The second kappa shape index (κ2) is 8.86. The van der Waals surface area contributed by atoms with Crippen molar-refractivity contribution in [2.75, 3.05) is 13.7 Å². The molecule has 6 heteroatoms. The fourth-order valence-electron chi connectivity index (χ4n) is 3.42. The lowest BCUT2D eigenvalue weighted by Crippen LogP contribution is -2.27. The Hall–Kier alpha value is -3.54. The second-order valence-electron chi connectivity index (χ2n) is 7.32. The fraction of sp³-hybridized carbons (Fsp3) is 0.250. The smallest absolute Gasteiger partial charge is 0.289 e. The van der Waals surface area contributed by atoms with Gasteiger partial charge in [0.2, 0.25) is 0 Å². The third-order valence-electron chi connectivity index (χ3n) is 5.01. The highest BCUT2D eigenvalue weighted by atomic mass is 16.5. The van der Waals surface area contributed by atoms with Crippen molar-refractivity contribution in [1.29, 1.82) is 0 Å². The van der Waals surface area contributed by atoms with Crippen LogP contribution in [0.1, 0.15) is 28.4 Å². The first-order valence-electron chi connectivity index (χ1n) is 10.0. The molecule has 0 unspecified atom stereocenters. The molecule has 0 saturated carbocycles. The molecule has 30 heavy (non-hydrogen) atoms. The van der Waals surface area contributed by atoms with Crippen LogP contribution in [0.3, 0.4) is 0 Å². The van der Waals surface area contributed by atoms with Crippen molar-refractivity contribution < 1.29 is 13.9 Å². The average Bonchev–Trinajstić information content (AvgIpc) is 3.40. The number of ether oxygens (including phenoxy) is 1. The largest absolute Gasteiger partial charge is 0.494 e. The number of benzene rings is 2. The summed E-state index contributed by atoms with van der Waals surface area (Å²) < 4.78 is 13.3. The molecule has 0 fully saturated rings. The predicted molar refractivity (Wildman–Crippen MR) is 116 cm³/mol. The number of aryl methyl sites for hydroxylation is 2. The van der Waals surface area contributed by atoms with Gasteiger partial charge in [0, 0.05) is 13.6 Å². The fourth-order valence-corrected chi connectivity index (χ4v) is 3.42.